The van der Waals surface area contributed by atoms with E-state index in [0.29, 0.717) is 24.4 Å². The van der Waals surface area contributed by atoms with Gasteiger partial charge in [-0.25, -0.2) is 0 Å². The van der Waals surface area contributed by atoms with E-state index in [9.17, 15) is 4.79 Å². The zero-order valence-electron chi connectivity index (χ0n) is 13.6. The topological polar surface area (TPSA) is 73.0 Å². The van der Waals surface area contributed by atoms with Gasteiger partial charge in [0.15, 0.2) is 11.5 Å². The summed E-state index contributed by atoms with van der Waals surface area (Å²) in [6.07, 6.45) is 4.98. The van der Waals surface area contributed by atoms with Crippen molar-refractivity contribution < 1.29 is 9.21 Å². The molecule has 3 aromatic heterocycles. The lowest BCUT2D eigenvalue weighted by molar-refractivity contribution is 0.0948. The van der Waals surface area contributed by atoms with Gasteiger partial charge in [-0.05, 0) is 30.7 Å². The average Bonchev–Trinajstić information content (AvgIpc) is 3.25. The van der Waals surface area contributed by atoms with Crippen LogP contribution in [0.5, 0.6) is 0 Å². The molecule has 0 unspecified atom stereocenters. The Morgan fingerprint density at radius 2 is 2.21 bits per heavy atom. The lowest BCUT2D eigenvalue weighted by Gasteiger charge is -2.03. The van der Waals surface area contributed by atoms with Crippen LogP contribution in [0.25, 0.3) is 11.5 Å². The van der Waals surface area contributed by atoms with E-state index in [2.05, 4.69) is 22.3 Å². The Bertz CT molecular complexity index is 779. The second kappa shape index (κ2) is 7.59. The fraction of sp³-hybridized carbons (Fsp3) is 0.278. The van der Waals surface area contributed by atoms with Crippen LogP contribution in [0.15, 0.2) is 53.3 Å². The molecule has 0 fully saturated rings. The lowest BCUT2D eigenvalue weighted by Crippen LogP contribution is -2.26. The molecule has 3 aromatic rings. The summed E-state index contributed by atoms with van der Waals surface area (Å²) in [5.74, 6) is 0.525. The molecule has 0 atom stereocenters. The molecular weight excluding hydrogens is 304 g/mol. The number of nitrogens with one attached hydrogen (secondary N) is 1. The van der Waals surface area contributed by atoms with Crippen molar-refractivity contribution in [3.8, 4) is 11.5 Å². The molecule has 0 radical (unpaired) electrons. The SMILES string of the molecule is CCCn1nc(C(=O)NCCc2ccccn2)cc1-c1ccco1. The van der Waals surface area contributed by atoms with Gasteiger partial charge in [-0.1, -0.05) is 13.0 Å². The van der Waals surface area contributed by atoms with Crippen LogP contribution < -0.4 is 5.32 Å². The third kappa shape index (κ3) is 3.71. The normalized spacial score (nSPS) is 10.7. The minimum absolute atomic E-state index is 0.186. The molecule has 0 aliphatic carbocycles. The molecule has 124 valence electrons. The van der Waals surface area contributed by atoms with Gasteiger partial charge in [0.1, 0.15) is 5.69 Å². The summed E-state index contributed by atoms with van der Waals surface area (Å²) in [6.45, 7) is 3.32. The van der Waals surface area contributed by atoms with Crippen molar-refractivity contribution in [2.75, 3.05) is 6.54 Å². The van der Waals surface area contributed by atoms with E-state index in [1.807, 2.05) is 35.0 Å². The van der Waals surface area contributed by atoms with Gasteiger partial charge in [-0.3, -0.25) is 14.5 Å². The molecule has 0 aromatic carbocycles. The maximum atomic E-state index is 12.3. The molecule has 1 amide bonds. The van der Waals surface area contributed by atoms with Crippen LogP contribution in [-0.2, 0) is 13.0 Å². The number of furan rings is 1. The molecule has 0 spiro atoms. The summed E-state index contributed by atoms with van der Waals surface area (Å²) in [5, 5.41) is 7.30. The molecule has 0 bridgehead atoms. The highest BCUT2D eigenvalue weighted by atomic mass is 16.3. The zero-order valence-corrected chi connectivity index (χ0v) is 13.6. The molecule has 3 heterocycles. The second-order valence-electron chi connectivity index (χ2n) is 5.44. The second-order valence-corrected chi connectivity index (χ2v) is 5.44. The Balaban J connectivity index is 1.67. The summed E-state index contributed by atoms with van der Waals surface area (Å²) in [7, 11) is 0. The van der Waals surface area contributed by atoms with Crippen molar-refractivity contribution in [1.29, 1.82) is 0 Å². The van der Waals surface area contributed by atoms with Crippen molar-refractivity contribution in [3.63, 3.8) is 0 Å². The first-order valence-electron chi connectivity index (χ1n) is 8.07. The van der Waals surface area contributed by atoms with Crippen molar-refractivity contribution >= 4 is 5.91 Å². The molecular formula is C18H20N4O2. The number of carbonyl (C=O) groups is 1. The zero-order chi connectivity index (χ0) is 16.8. The highest BCUT2D eigenvalue weighted by molar-refractivity contribution is 5.93. The number of nitrogens with zero attached hydrogens (tertiary/aromatic N) is 3. The van der Waals surface area contributed by atoms with Gasteiger partial charge in [0.25, 0.3) is 5.91 Å². The molecule has 0 aliphatic heterocycles. The standard InChI is InChI=1S/C18H20N4O2/c1-2-11-22-16(17-7-5-12-24-17)13-15(21-22)18(23)20-10-8-14-6-3-4-9-19-14/h3-7,9,12-13H,2,8,10-11H2,1H3,(H,20,23). The van der Waals surface area contributed by atoms with Crippen LogP contribution >= 0.6 is 0 Å². The number of rotatable bonds is 7. The molecule has 6 heteroatoms. The monoisotopic (exact) mass is 324 g/mol. The molecule has 0 saturated carbocycles. The van der Waals surface area contributed by atoms with E-state index >= 15 is 0 Å². The van der Waals surface area contributed by atoms with Crippen LogP contribution in [0, 0.1) is 0 Å². The number of aryl methyl sites for hydroxylation is 1. The Morgan fingerprint density at radius 3 is 2.92 bits per heavy atom. The Hall–Kier alpha value is -2.89. The summed E-state index contributed by atoms with van der Waals surface area (Å²) < 4.78 is 7.25. The van der Waals surface area contributed by atoms with E-state index in [0.717, 1.165) is 24.4 Å². The van der Waals surface area contributed by atoms with Gasteiger partial charge in [-0.15, -0.1) is 0 Å². The van der Waals surface area contributed by atoms with Crippen molar-refractivity contribution in [2.45, 2.75) is 26.3 Å². The van der Waals surface area contributed by atoms with Gasteiger partial charge in [0.05, 0.1) is 6.26 Å². The first-order chi connectivity index (χ1) is 11.8. The van der Waals surface area contributed by atoms with E-state index in [-0.39, 0.29) is 5.91 Å². The molecule has 6 nitrogen and oxygen atoms in total. The van der Waals surface area contributed by atoms with E-state index in [1.165, 1.54) is 0 Å². The van der Waals surface area contributed by atoms with Crippen molar-refractivity contribution in [3.05, 3.63) is 60.2 Å². The number of aromatic nitrogens is 3. The average molecular weight is 324 g/mol. The molecule has 24 heavy (non-hydrogen) atoms. The van der Waals surface area contributed by atoms with Crippen LogP contribution in [0.1, 0.15) is 29.5 Å². The van der Waals surface area contributed by atoms with Gasteiger partial charge in [0.2, 0.25) is 0 Å². The van der Waals surface area contributed by atoms with E-state index in [1.54, 1.807) is 18.5 Å². The minimum Gasteiger partial charge on any atom is -0.463 e. The van der Waals surface area contributed by atoms with Crippen molar-refractivity contribution in [2.24, 2.45) is 0 Å². The number of pyridine rings is 1. The van der Waals surface area contributed by atoms with Gasteiger partial charge in [-0.2, -0.15) is 5.10 Å². The summed E-state index contributed by atoms with van der Waals surface area (Å²) in [5.41, 5.74) is 2.16. The number of hydrogen-bond acceptors (Lipinski definition) is 4. The largest absolute Gasteiger partial charge is 0.463 e. The molecule has 0 saturated heterocycles. The number of amides is 1. The lowest BCUT2D eigenvalue weighted by atomic mass is 10.2. The van der Waals surface area contributed by atoms with Crippen molar-refractivity contribution in [1.82, 2.24) is 20.1 Å². The predicted octanol–water partition coefficient (Wildman–Crippen LogP) is 2.92. The predicted molar refractivity (Wildman–Crippen MR) is 90.5 cm³/mol. The fourth-order valence-corrected chi connectivity index (χ4v) is 2.47. The number of hydrogen-bond donors (Lipinski definition) is 1. The van der Waals surface area contributed by atoms with Crippen LogP contribution in [0.3, 0.4) is 0 Å². The minimum atomic E-state index is -0.186. The van der Waals surface area contributed by atoms with Gasteiger partial charge in [0, 0.05) is 37.5 Å². The van der Waals surface area contributed by atoms with Gasteiger partial charge >= 0.3 is 0 Å². The highest BCUT2D eigenvalue weighted by Gasteiger charge is 2.16. The molecule has 3 rings (SSSR count). The highest BCUT2D eigenvalue weighted by Crippen LogP contribution is 2.21. The third-order valence-corrected chi connectivity index (χ3v) is 3.61. The number of carbonyl (C=O) groups excluding carboxylic acids is 1. The third-order valence-electron chi connectivity index (χ3n) is 3.61. The smallest absolute Gasteiger partial charge is 0.271 e. The van der Waals surface area contributed by atoms with Gasteiger partial charge < -0.3 is 9.73 Å². The van der Waals surface area contributed by atoms with Crippen LogP contribution in [0.2, 0.25) is 0 Å². The Kier molecular flexibility index (Phi) is 5.05. The fourth-order valence-electron chi connectivity index (χ4n) is 2.47. The Morgan fingerprint density at radius 1 is 1.29 bits per heavy atom. The maximum Gasteiger partial charge on any atom is 0.271 e. The quantitative estimate of drug-likeness (QED) is 0.725. The molecule has 1 N–H and O–H groups in total. The van der Waals surface area contributed by atoms with Crippen LogP contribution in [0.4, 0.5) is 0 Å². The van der Waals surface area contributed by atoms with E-state index in [4.69, 9.17) is 4.42 Å². The maximum absolute atomic E-state index is 12.3. The Labute approximate surface area is 140 Å². The molecule has 0 aliphatic rings. The summed E-state index contributed by atoms with van der Waals surface area (Å²) in [4.78, 5) is 16.6. The summed E-state index contributed by atoms with van der Waals surface area (Å²) >= 11 is 0. The summed E-state index contributed by atoms with van der Waals surface area (Å²) in [6, 6.07) is 11.2. The van der Waals surface area contributed by atoms with E-state index < -0.39 is 0 Å². The first kappa shape index (κ1) is 16.0. The first-order valence-corrected chi connectivity index (χ1v) is 8.07. The van der Waals surface area contributed by atoms with Crippen LogP contribution in [-0.4, -0.2) is 27.2 Å².